The molecule has 0 radical (unpaired) electrons. The first-order chi connectivity index (χ1) is 11.7. The lowest BCUT2D eigenvalue weighted by Crippen LogP contribution is -2.49. The largest absolute Gasteiger partial charge is 0.352 e. The Morgan fingerprint density at radius 1 is 1.20 bits per heavy atom. The van der Waals surface area contributed by atoms with Crippen LogP contribution in [0.25, 0.3) is 0 Å². The van der Waals surface area contributed by atoms with Crippen LogP contribution in [0.1, 0.15) is 59.8 Å². The van der Waals surface area contributed by atoms with Crippen LogP contribution < -0.4 is 5.32 Å². The number of carbonyl (C=O) groups excluding carboxylic acids is 2. The summed E-state index contributed by atoms with van der Waals surface area (Å²) in [4.78, 5) is 28.8. The molecule has 144 valence electrons. The quantitative estimate of drug-likeness (QED) is 0.767. The van der Waals surface area contributed by atoms with E-state index in [4.69, 9.17) is 0 Å². The predicted octanol–water partition coefficient (Wildman–Crippen LogP) is 2.51. The monoisotopic (exact) mass is 351 g/mol. The third kappa shape index (κ3) is 6.61. The van der Waals surface area contributed by atoms with E-state index in [1.165, 1.54) is 12.8 Å². The van der Waals surface area contributed by atoms with E-state index in [0.717, 1.165) is 38.9 Å². The fourth-order valence-electron chi connectivity index (χ4n) is 4.10. The molecule has 0 bridgehead atoms. The van der Waals surface area contributed by atoms with E-state index in [0.29, 0.717) is 18.4 Å². The maximum Gasteiger partial charge on any atom is 0.234 e. The summed E-state index contributed by atoms with van der Waals surface area (Å²) in [6, 6.07) is 0.213. The molecule has 5 nitrogen and oxygen atoms in total. The number of rotatable bonds is 7. The lowest BCUT2D eigenvalue weighted by molar-refractivity contribution is -0.134. The van der Waals surface area contributed by atoms with Gasteiger partial charge in [0.25, 0.3) is 0 Å². The van der Waals surface area contributed by atoms with Gasteiger partial charge in [0.1, 0.15) is 0 Å². The molecule has 1 saturated carbocycles. The average Bonchev–Trinajstić information content (AvgIpc) is 3.24. The number of likely N-dealkylation sites (N-methyl/N-ethyl adjacent to an activating group) is 1. The first-order valence-corrected chi connectivity index (χ1v) is 9.96. The number of hydrogen-bond donors (Lipinski definition) is 1. The van der Waals surface area contributed by atoms with Gasteiger partial charge in [-0.15, -0.1) is 0 Å². The second-order valence-corrected chi connectivity index (χ2v) is 9.29. The smallest absolute Gasteiger partial charge is 0.234 e. The number of amides is 2. The minimum Gasteiger partial charge on any atom is -0.352 e. The third-order valence-electron chi connectivity index (χ3n) is 5.23. The second-order valence-electron chi connectivity index (χ2n) is 9.29. The molecule has 25 heavy (non-hydrogen) atoms. The van der Waals surface area contributed by atoms with Crippen LogP contribution in [0.2, 0.25) is 0 Å². The van der Waals surface area contributed by atoms with Crippen LogP contribution in [0.15, 0.2) is 0 Å². The SMILES string of the molecule is CCC[C@@H]1C[C@H]1C(=O)N1CCC(NC(=O)CN(C)CC(C)(C)C)CC1. The van der Waals surface area contributed by atoms with Crippen LogP contribution in [0.4, 0.5) is 0 Å². The fourth-order valence-corrected chi connectivity index (χ4v) is 4.10. The Kier molecular flexibility index (Phi) is 6.89. The molecular formula is C20H37N3O2. The van der Waals surface area contributed by atoms with Crippen molar-refractivity contribution in [3.05, 3.63) is 0 Å². The van der Waals surface area contributed by atoms with E-state index in [2.05, 4.69) is 37.9 Å². The molecule has 0 aromatic carbocycles. The van der Waals surface area contributed by atoms with Gasteiger partial charge < -0.3 is 10.2 Å². The number of carbonyl (C=O) groups is 2. The van der Waals surface area contributed by atoms with Gasteiger partial charge in [-0.1, -0.05) is 34.1 Å². The molecule has 2 atom stereocenters. The molecule has 1 aliphatic carbocycles. The Bertz CT molecular complexity index is 464. The van der Waals surface area contributed by atoms with E-state index in [-0.39, 0.29) is 23.3 Å². The van der Waals surface area contributed by atoms with E-state index in [9.17, 15) is 9.59 Å². The molecule has 1 heterocycles. The highest BCUT2D eigenvalue weighted by atomic mass is 16.2. The Balaban J connectivity index is 1.66. The van der Waals surface area contributed by atoms with E-state index >= 15 is 0 Å². The lowest BCUT2D eigenvalue weighted by Gasteiger charge is -2.33. The summed E-state index contributed by atoms with van der Waals surface area (Å²) in [5, 5.41) is 3.15. The van der Waals surface area contributed by atoms with Crippen molar-refractivity contribution < 1.29 is 9.59 Å². The van der Waals surface area contributed by atoms with Crippen LogP contribution in [-0.2, 0) is 9.59 Å². The van der Waals surface area contributed by atoms with Crippen molar-refractivity contribution >= 4 is 11.8 Å². The Morgan fingerprint density at radius 3 is 2.40 bits per heavy atom. The second kappa shape index (κ2) is 8.52. The molecule has 1 N–H and O–H groups in total. The molecule has 2 amide bonds. The van der Waals surface area contributed by atoms with Crippen LogP contribution in [0.3, 0.4) is 0 Å². The number of piperidine rings is 1. The van der Waals surface area contributed by atoms with Crippen molar-refractivity contribution in [1.82, 2.24) is 15.1 Å². The van der Waals surface area contributed by atoms with E-state index in [1.54, 1.807) is 0 Å². The summed E-state index contributed by atoms with van der Waals surface area (Å²) in [6.07, 6.45) is 5.21. The number of nitrogens with one attached hydrogen (secondary N) is 1. The molecule has 5 heteroatoms. The molecule has 0 aromatic heterocycles. The maximum absolute atomic E-state index is 12.5. The van der Waals surface area contributed by atoms with E-state index < -0.39 is 0 Å². The highest BCUT2D eigenvalue weighted by molar-refractivity contribution is 5.82. The van der Waals surface area contributed by atoms with Crippen molar-refractivity contribution in [3.8, 4) is 0 Å². The van der Waals surface area contributed by atoms with Crippen molar-refractivity contribution in [1.29, 1.82) is 0 Å². The summed E-state index contributed by atoms with van der Waals surface area (Å²) in [5.74, 6) is 1.38. The first-order valence-electron chi connectivity index (χ1n) is 9.96. The van der Waals surface area contributed by atoms with Gasteiger partial charge in [-0.25, -0.2) is 0 Å². The Morgan fingerprint density at radius 2 is 1.84 bits per heavy atom. The summed E-state index contributed by atoms with van der Waals surface area (Å²) in [5.41, 5.74) is 0.194. The maximum atomic E-state index is 12.5. The molecule has 1 saturated heterocycles. The number of nitrogens with zero attached hydrogens (tertiary/aromatic N) is 2. The highest BCUT2D eigenvalue weighted by Crippen LogP contribution is 2.43. The van der Waals surface area contributed by atoms with Crippen LogP contribution in [-0.4, -0.2) is 60.9 Å². The normalized spacial score (nSPS) is 24.5. The average molecular weight is 352 g/mol. The van der Waals surface area contributed by atoms with Crippen LogP contribution >= 0.6 is 0 Å². The van der Waals surface area contributed by atoms with Gasteiger partial charge in [0.05, 0.1) is 6.54 Å². The molecule has 2 aliphatic rings. The lowest BCUT2D eigenvalue weighted by atomic mass is 9.96. The Hall–Kier alpha value is -1.10. The third-order valence-corrected chi connectivity index (χ3v) is 5.23. The van der Waals surface area contributed by atoms with Gasteiger partial charge in [0, 0.05) is 31.6 Å². The standard InChI is InChI=1S/C20H37N3O2/c1-6-7-15-12-17(15)19(25)23-10-8-16(9-11-23)21-18(24)13-22(5)14-20(2,3)4/h15-17H,6-14H2,1-5H3,(H,21,24)/t15-,17-/m1/s1. The van der Waals surface area contributed by atoms with Gasteiger partial charge in [-0.2, -0.15) is 0 Å². The van der Waals surface area contributed by atoms with Crippen molar-refractivity contribution in [3.63, 3.8) is 0 Å². The topological polar surface area (TPSA) is 52.7 Å². The molecule has 2 fully saturated rings. The zero-order valence-corrected chi connectivity index (χ0v) is 16.8. The zero-order valence-electron chi connectivity index (χ0n) is 16.8. The van der Waals surface area contributed by atoms with Crippen molar-refractivity contribution in [2.24, 2.45) is 17.3 Å². The van der Waals surface area contributed by atoms with Crippen molar-refractivity contribution in [2.45, 2.75) is 65.8 Å². The minimum absolute atomic E-state index is 0.0988. The molecule has 0 spiro atoms. The van der Waals surface area contributed by atoms with E-state index in [1.807, 2.05) is 11.9 Å². The zero-order chi connectivity index (χ0) is 18.6. The Labute approximate surface area is 153 Å². The number of hydrogen-bond acceptors (Lipinski definition) is 3. The predicted molar refractivity (Wildman–Crippen MR) is 101 cm³/mol. The van der Waals surface area contributed by atoms with Gasteiger partial charge in [-0.3, -0.25) is 14.5 Å². The van der Waals surface area contributed by atoms with Gasteiger partial charge >= 0.3 is 0 Å². The molecule has 2 rings (SSSR count). The molecule has 0 unspecified atom stereocenters. The fraction of sp³-hybridized carbons (Fsp3) is 0.900. The summed E-state index contributed by atoms with van der Waals surface area (Å²) in [6.45, 7) is 11.6. The summed E-state index contributed by atoms with van der Waals surface area (Å²) >= 11 is 0. The number of likely N-dealkylation sites (tertiary alicyclic amines) is 1. The van der Waals surface area contributed by atoms with Gasteiger partial charge in [-0.05, 0) is 44.1 Å². The minimum atomic E-state index is 0.0988. The van der Waals surface area contributed by atoms with Gasteiger partial charge in [0.15, 0.2) is 0 Å². The highest BCUT2D eigenvalue weighted by Gasteiger charge is 2.44. The summed E-state index contributed by atoms with van der Waals surface area (Å²) < 4.78 is 0. The van der Waals surface area contributed by atoms with Crippen LogP contribution in [0.5, 0.6) is 0 Å². The van der Waals surface area contributed by atoms with Crippen molar-refractivity contribution in [2.75, 3.05) is 33.2 Å². The van der Waals surface area contributed by atoms with Gasteiger partial charge in [0.2, 0.25) is 11.8 Å². The molecule has 1 aliphatic heterocycles. The molecular weight excluding hydrogens is 314 g/mol. The molecule has 0 aromatic rings. The van der Waals surface area contributed by atoms with Crippen LogP contribution in [0, 0.1) is 17.3 Å². The summed E-state index contributed by atoms with van der Waals surface area (Å²) in [7, 11) is 1.99. The first kappa shape index (κ1) is 20.2.